The maximum Gasteiger partial charge on any atom is 0 e. The van der Waals surface area contributed by atoms with Gasteiger partial charge in [0.1, 0.15) is 0 Å². The normalized spacial score (nSPS) is 7.97. The van der Waals surface area contributed by atoms with E-state index in [2.05, 4.69) is 2.04 Å². The predicted molar refractivity (Wildman–Crippen MR) is 101 cm³/mol. The molecule has 0 aromatic heterocycles. The first-order chi connectivity index (χ1) is 8.68. The van der Waals surface area contributed by atoms with Crippen molar-refractivity contribution in [2.45, 2.75) is 0 Å². The summed E-state index contributed by atoms with van der Waals surface area (Å²) in [6, 6.07) is 0. The minimum atomic E-state index is -7.85. The Morgan fingerprint density at radius 2 is 0.259 bits per heavy atom. The van der Waals surface area contributed by atoms with Gasteiger partial charge in [0.05, 0.1) is 0 Å². The van der Waals surface area contributed by atoms with E-state index >= 15 is 0 Å². The maximum absolute atomic E-state index is 9.93. The molecule has 0 amide bonds. The molecule has 0 spiro atoms. The summed E-state index contributed by atoms with van der Waals surface area (Å²) in [5.41, 5.74) is 0. The Labute approximate surface area is 581 Å². The molecule has 0 saturated heterocycles. The molecule has 58 heavy (non-hydrogen) atoms. The van der Waals surface area contributed by atoms with Crippen LogP contribution in [0.5, 0.6) is 0 Å². The van der Waals surface area contributed by atoms with Gasteiger partial charge < -0.3 is 115 Å². The Morgan fingerprint density at radius 3 is 0.259 bits per heavy atom. The molecule has 58 heteroatoms. The zero-order valence-corrected chi connectivity index (χ0v) is 76.6. The van der Waals surface area contributed by atoms with E-state index < -0.39 is 65.2 Å². The van der Waals surface area contributed by atoms with Crippen molar-refractivity contribution in [2.75, 3.05) is 0 Å². The molecule has 40 nitrogen and oxygen atoms in total. The molecule has 0 atom stereocenters. The predicted octanol–water partition coefficient (Wildman–Crippen LogP) is -39.8. The number of hydrogen-bond acceptors (Lipinski definition) is 11. The van der Waals surface area contributed by atoms with E-state index in [4.69, 9.17) is 59.4 Å². The van der Waals surface area contributed by atoms with Crippen LogP contribution in [0.4, 0.5) is 0 Å². The fraction of sp³-hybridized carbons (Fsp3) is 0. The van der Waals surface area contributed by atoms with Gasteiger partial charge >= 0.3 is 311 Å². The summed E-state index contributed by atoms with van der Waals surface area (Å²) in [5, 5.41) is 0. The van der Waals surface area contributed by atoms with Gasteiger partial charge in [-0.2, -0.15) is 0 Å². The molecule has 0 unspecified atom stereocenters. The third kappa shape index (κ3) is 762. The van der Waals surface area contributed by atoms with Crippen molar-refractivity contribution in [3.8, 4) is 0 Å². The third-order valence-corrected chi connectivity index (χ3v) is 16.0. The molecule has 0 radical (unpaired) electrons. The molecule has 0 aromatic rings. The van der Waals surface area contributed by atoms with Crippen molar-refractivity contribution < 1.29 is 594 Å². The Balaban J connectivity index is -0.00000000225. The van der Waals surface area contributed by atoms with Crippen LogP contribution in [0.1, 0.15) is 0 Å². The SMILES string of the molecule is O.O.O.O.O.O.O.O.O.O.O.O.O.O.O.[Na+].[Na+].[Na+].[Na+].[Na+].[Na+].[OH-].[OH-].[OH-].[OH-].[OH-].[OH-].[O]=[W]([OH])([OH])([OH])[OH].[O]=[W]([OH])([OH])([OH])[OH].[O]=[W]([OH])([OH])([OH])[O][W](=[O])([OH])([OH])[OH].[W].[W].[W].[W].[W].[W].[W].[W]. The van der Waals surface area contributed by atoms with Crippen LogP contribution in [0, 0.1) is 0 Å². The van der Waals surface area contributed by atoms with Crippen LogP contribution >= 0.6 is 0 Å². The monoisotopic (exact) mass is 3040 g/mol. The fourth-order valence-electron chi connectivity index (χ4n) is 0.208. The first kappa shape index (κ1) is 325. The average molecular weight is 3030 g/mol. The summed E-state index contributed by atoms with van der Waals surface area (Å²) in [4.78, 5) is 0. The van der Waals surface area contributed by atoms with Crippen molar-refractivity contribution in [3.05, 3.63) is 0 Å². The minimum absolute atomic E-state index is 0. The molecule has 0 rings (SSSR count). The zero-order valence-electron chi connectivity index (χ0n) is 29.4. The van der Waals surface area contributed by atoms with Crippen molar-refractivity contribution in [2.24, 2.45) is 0 Å². The molecular weight excluding hydrogens is 2980 g/mol. The summed E-state index contributed by atoms with van der Waals surface area (Å²) in [6.07, 6.45) is 0. The molecule has 0 aliphatic carbocycles. The van der Waals surface area contributed by atoms with Crippen molar-refractivity contribution in [3.63, 3.8) is 0 Å². The topological polar surface area (TPSA) is 1010 Å². The van der Waals surface area contributed by atoms with Crippen molar-refractivity contribution >= 4 is 0 Å². The standard InChI is InChI=1S/6Na.35H2O.5O.12W/h;;;;;;35*1H2;;;;;;;;;;;;;;;;;/q6*+1;;;;;;;;;;;;;;;;;;;;;;;;;;;;;;;;;;;;;;;;;;;;;;;;;2*+3;2*+4/p-20. The van der Waals surface area contributed by atoms with E-state index in [9.17, 15) is 6.80 Å². The molecule has 0 saturated carbocycles. The van der Waals surface area contributed by atoms with Gasteiger partial charge in [-0.1, -0.05) is 0 Å². The molecule has 368 valence electrons. The van der Waals surface area contributed by atoms with Crippen LogP contribution in [-0.2, 0) is 249 Å². The molecule has 0 aliphatic rings. The quantitative estimate of drug-likeness (QED) is 0.114. The van der Waals surface area contributed by atoms with E-state index in [1.54, 1.807) is 0 Å². The van der Waals surface area contributed by atoms with E-state index in [0.29, 0.717) is 0 Å². The van der Waals surface area contributed by atoms with Crippen LogP contribution in [0.2, 0.25) is 0 Å². The largest absolute Gasteiger partial charge is 0 e. The molecule has 0 fully saturated rings. The summed E-state index contributed by atoms with van der Waals surface area (Å²) in [6.45, 7) is 0. The minimum Gasteiger partial charge on any atom is 0 e. The average Bonchev–Trinajstić information content (AvgIpc) is 1.51. The molecule has 0 heterocycles. The molecule has 0 aliphatic heterocycles. The van der Waals surface area contributed by atoms with Crippen molar-refractivity contribution in [1.29, 1.82) is 0 Å². The van der Waals surface area contributed by atoms with Crippen LogP contribution in [0.15, 0.2) is 0 Å². The Morgan fingerprint density at radius 1 is 0.224 bits per heavy atom. The van der Waals surface area contributed by atoms with Gasteiger partial charge in [-0.25, -0.2) is 0 Å². The van der Waals surface area contributed by atoms with Crippen molar-refractivity contribution in [1.82, 2.24) is 0 Å². The van der Waals surface area contributed by atoms with E-state index in [0.717, 1.165) is 0 Å². The van der Waals surface area contributed by atoms with Gasteiger partial charge in [0.15, 0.2) is 0 Å². The smallest absolute Gasteiger partial charge is 0 e. The molecular formula is H50Na6O40W12. The molecule has 0 aromatic carbocycles. The Kier molecular flexibility index (Phi) is 637. The second-order valence-corrected chi connectivity index (χ2v) is 29.9. The fourth-order valence-corrected chi connectivity index (χ4v) is 14.0. The Hall–Kier alpha value is 12.0. The molecule has 50 N–H and O–H groups in total. The third-order valence-electron chi connectivity index (χ3n) is 0.238. The summed E-state index contributed by atoms with van der Waals surface area (Å²) >= 11 is -29.7. The summed E-state index contributed by atoms with van der Waals surface area (Å²) in [7, 11) is 0. The van der Waals surface area contributed by atoms with E-state index in [-0.39, 0.29) is 461 Å². The summed E-state index contributed by atoms with van der Waals surface area (Å²) < 4.78 is 147. The van der Waals surface area contributed by atoms with E-state index in [1.165, 1.54) is 0 Å². The van der Waals surface area contributed by atoms with Gasteiger partial charge in [-0.15, -0.1) is 0 Å². The molecule has 0 bridgehead atoms. The van der Waals surface area contributed by atoms with E-state index in [1.807, 2.05) is 0 Å². The Bertz CT molecular complexity index is 599. The zero-order chi connectivity index (χ0) is 20.5. The van der Waals surface area contributed by atoms with Gasteiger partial charge in [-0.05, 0) is 0 Å². The number of rotatable bonds is 2. The first-order valence-corrected chi connectivity index (χ1v) is 29.1. The summed E-state index contributed by atoms with van der Waals surface area (Å²) in [5.74, 6) is 0. The number of hydrogen-bond donors (Lipinski definition) is 14. The van der Waals surface area contributed by atoms with Gasteiger partial charge in [-0.3, -0.25) is 0 Å². The van der Waals surface area contributed by atoms with Crippen LogP contribution in [0.25, 0.3) is 0 Å². The second kappa shape index (κ2) is 114. The van der Waals surface area contributed by atoms with Gasteiger partial charge in [0.25, 0.3) is 0 Å². The van der Waals surface area contributed by atoms with Crippen LogP contribution in [-0.4, -0.2) is 168 Å². The first-order valence-electron chi connectivity index (χ1n) is 3.56. The van der Waals surface area contributed by atoms with Gasteiger partial charge in [0, 0.05) is 169 Å². The second-order valence-electron chi connectivity index (χ2n) is 3.16. The van der Waals surface area contributed by atoms with Crippen LogP contribution in [0.3, 0.4) is 0 Å². The van der Waals surface area contributed by atoms with Crippen LogP contribution < -0.4 is 177 Å². The van der Waals surface area contributed by atoms with Gasteiger partial charge in [0.2, 0.25) is 0 Å². The maximum atomic E-state index is 9.93.